The Morgan fingerprint density at radius 3 is 2.59 bits per heavy atom. The van der Waals surface area contributed by atoms with E-state index in [0.29, 0.717) is 12.1 Å². The largest absolute Gasteiger partial charge is 0.457 e. The number of hydrogen-bond acceptors (Lipinski definition) is 8. The van der Waals surface area contributed by atoms with E-state index in [-0.39, 0.29) is 30.6 Å². The second-order valence-corrected chi connectivity index (χ2v) is 9.89. The third-order valence-electron chi connectivity index (χ3n) is 6.75. The Morgan fingerprint density at radius 1 is 1.24 bits per heavy atom. The zero-order valence-corrected chi connectivity index (χ0v) is 20.9. The first-order valence-electron chi connectivity index (χ1n) is 12.0. The predicted octanol–water partition coefficient (Wildman–Crippen LogP) is 3.59. The molecule has 0 unspecified atom stereocenters. The molecule has 3 N–H and O–H groups in total. The van der Waals surface area contributed by atoms with E-state index in [9.17, 15) is 19.8 Å². The summed E-state index contributed by atoms with van der Waals surface area (Å²) < 4.78 is 10.8. The number of nitrogens with zero attached hydrogens (tertiary/aromatic N) is 1. The number of oxazole rings is 1. The molecule has 0 aliphatic carbocycles. The number of aliphatic hydroxyl groups excluding tert-OH is 3. The zero-order chi connectivity index (χ0) is 25.5. The van der Waals surface area contributed by atoms with Crippen LogP contribution in [0, 0.1) is 17.3 Å². The summed E-state index contributed by atoms with van der Waals surface area (Å²) in [5.74, 6) is -1.44. The summed E-state index contributed by atoms with van der Waals surface area (Å²) in [5.41, 5.74) is 0.00635. The molecule has 0 aromatic carbocycles. The molecule has 5 atom stereocenters. The maximum Gasteiger partial charge on any atom is 0.309 e. The summed E-state index contributed by atoms with van der Waals surface area (Å²) in [5, 5.41) is 30.6. The zero-order valence-electron chi connectivity index (χ0n) is 20.9. The fourth-order valence-electron chi connectivity index (χ4n) is 4.20. The van der Waals surface area contributed by atoms with Gasteiger partial charge < -0.3 is 24.5 Å². The summed E-state index contributed by atoms with van der Waals surface area (Å²) >= 11 is 0. The first-order chi connectivity index (χ1) is 16.0. The molecule has 2 heterocycles. The van der Waals surface area contributed by atoms with Gasteiger partial charge in [-0.25, -0.2) is 4.98 Å². The van der Waals surface area contributed by atoms with Gasteiger partial charge in [-0.3, -0.25) is 9.59 Å². The molecule has 8 nitrogen and oxygen atoms in total. The van der Waals surface area contributed by atoms with Crippen molar-refractivity contribution in [1.29, 1.82) is 0 Å². The van der Waals surface area contributed by atoms with Crippen molar-refractivity contribution in [1.82, 2.24) is 4.98 Å². The summed E-state index contributed by atoms with van der Waals surface area (Å²) in [4.78, 5) is 30.0. The standard InChI is InChI=1S/C26H39NO7/c1-16-10-8-6-7-9-11-20(17(2)12-19-15-33-22(14-28)27-19)34-23(30)13-21(29)26(4,5)25(32)18(3)24(16)31/h7,9,12,15-16,18,20-21,24,28-29,31H,6,8,10-11,13-14H2,1-5H3/t16-,18+,20-,21-,24-/m0/s1. The minimum Gasteiger partial charge on any atom is -0.457 e. The number of aliphatic hydroxyl groups is 3. The highest BCUT2D eigenvalue weighted by atomic mass is 16.5. The third-order valence-corrected chi connectivity index (χ3v) is 6.75. The van der Waals surface area contributed by atoms with Crippen LogP contribution in [0.4, 0.5) is 0 Å². The first kappa shape index (κ1) is 28.0. The van der Waals surface area contributed by atoms with Gasteiger partial charge in [0.1, 0.15) is 30.5 Å². The number of cyclic esters (lactones) is 1. The number of hydrogen-bond donors (Lipinski definition) is 3. The molecule has 0 bridgehead atoms. The number of carbonyl (C=O) groups is 2. The van der Waals surface area contributed by atoms with E-state index >= 15 is 0 Å². The van der Waals surface area contributed by atoms with Gasteiger partial charge in [0, 0.05) is 12.3 Å². The minimum absolute atomic E-state index is 0.0673. The fraction of sp³-hybridized carbons (Fsp3) is 0.654. The van der Waals surface area contributed by atoms with Gasteiger partial charge in [-0.15, -0.1) is 0 Å². The highest BCUT2D eigenvalue weighted by Crippen LogP contribution is 2.32. The molecule has 0 fully saturated rings. The number of carbonyl (C=O) groups excluding carboxylic acids is 2. The smallest absolute Gasteiger partial charge is 0.309 e. The van der Waals surface area contributed by atoms with Crippen LogP contribution >= 0.6 is 0 Å². The number of rotatable bonds is 3. The van der Waals surface area contributed by atoms with Gasteiger partial charge in [-0.05, 0) is 43.8 Å². The number of esters is 1. The van der Waals surface area contributed by atoms with Gasteiger partial charge in [0.15, 0.2) is 0 Å². The van der Waals surface area contributed by atoms with E-state index in [1.165, 1.54) is 6.26 Å². The molecular formula is C26H39NO7. The molecule has 0 amide bonds. The SMILES string of the molecule is CC(=Cc1coc(CO)n1)[C@@H]1CC=CCCC[C@H](C)[C@H](O)[C@@H](C)C(=O)C(C)(C)[C@@H](O)CC(=O)O1. The van der Waals surface area contributed by atoms with Crippen molar-refractivity contribution < 1.29 is 34.1 Å². The first-order valence-corrected chi connectivity index (χ1v) is 12.0. The van der Waals surface area contributed by atoms with Gasteiger partial charge in [0.2, 0.25) is 5.89 Å². The van der Waals surface area contributed by atoms with Crippen molar-refractivity contribution in [2.24, 2.45) is 17.3 Å². The molecule has 0 saturated carbocycles. The van der Waals surface area contributed by atoms with Crippen molar-refractivity contribution in [3.63, 3.8) is 0 Å². The molecule has 190 valence electrons. The summed E-state index contributed by atoms with van der Waals surface area (Å²) in [6.07, 6.45) is 6.96. The molecular weight excluding hydrogens is 438 g/mol. The second kappa shape index (κ2) is 12.4. The third kappa shape index (κ3) is 7.35. The van der Waals surface area contributed by atoms with E-state index in [0.717, 1.165) is 24.8 Å². The summed E-state index contributed by atoms with van der Waals surface area (Å²) in [6.45, 7) is 8.30. The van der Waals surface area contributed by atoms with Crippen LogP contribution in [-0.4, -0.2) is 50.4 Å². The normalized spacial score (nSPS) is 30.2. The Kier molecular flexibility index (Phi) is 10.2. The average molecular weight is 478 g/mol. The highest BCUT2D eigenvalue weighted by Gasteiger charge is 2.42. The Bertz CT molecular complexity index is 885. The Morgan fingerprint density at radius 2 is 1.94 bits per heavy atom. The lowest BCUT2D eigenvalue weighted by molar-refractivity contribution is -0.154. The molecule has 0 saturated heterocycles. The Balaban J connectivity index is 2.27. The number of ketones is 1. The number of allylic oxidation sites excluding steroid dienone is 1. The Labute approximate surface area is 201 Å². The summed E-state index contributed by atoms with van der Waals surface area (Å²) in [7, 11) is 0. The molecule has 1 aromatic rings. The maximum atomic E-state index is 13.1. The van der Waals surface area contributed by atoms with E-state index in [1.807, 2.05) is 26.0 Å². The minimum atomic E-state index is -1.26. The quantitative estimate of drug-likeness (QED) is 0.445. The maximum absolute atomic E-state index is 13.1. The van der Waals surface area contributed by atoms with Crippen LogP contribution in [0.25, 0.3) is 6.08 Å². The molecule has 1 aromatic heterocycles. The van der Waals surface area contributed by atoms with E-state index in [1.54, 1.807) is 26.8 Å². The van der Waals surface area contributed by atoms with Crippen LogP contribution < -0.4 is 0 Å². The van der Waals surface area contributed by atoms with Crippen LogP contribution in [0.5, 0.6) is 0 Å². The fourth-order valence-corrected chi connectivity index (χ4v) is 4.20. The van der Waals surface area contributed by atoms with Crippen LogP contribution in [0.15, 0.2) is 28.4 Å². The topological polar surface area (TPSA) is 130 Å². The number of aromatic nitrogens is 1. The molecule has 2 rings (SSSR count). The van der Waals surface area contributed by atoms with Gasteiger partial charge in [-0.1, -0.05) is 39.8 Å². The lowest BCUT2D eigenvalue weighted by Gasteiger charge is -2.34. The van der Waals surface area contributed by atoms with Gasteiger partial charge in [-0.2, -0.15) is 0 Å². The van der Waals surface area contributed by atoms with Gasteiger partial charge >= 0.3 is 5.97 Å². The van der Waals surface area contributed by atoms with Crippen LogP contribution in [-0.2, 0) is 20.9 Å². The van der Waals surface area contributed by atoms with Crippen LogP contribution in [0.2, 0.25) is 0 Å². The van der Waals surface area contributed by atoms with Gasteiger partial charge in [0.25, 0.3) is 0 Å². The van der Waals surface area contributed by atoms with Crippen molar-refractivity contribution in [3.8, 4) is 0 Å². The molecule has 0 spiro atoms. The highest BCUT2D eigenvalue weighted by molar-refractivity contribution is 5.88. The van der Waals surface area contributed by atoms with E-state index in [2.05, 4.69) is 4.98 Å². The lowest BCUT2D eigenvalue weighted by atomic mass is 9.73. The molecule has 1 aliphatic heterocycles. The Hall–Kier alpha value is -2.29. The molecule has 1 aliphatic rings. The number of Topliss-reactive ketones (excluding diaryl/α,β-unsaturated/α-hetero) is 1. The molecule has 34 heavy (non-hydrogen) atoms. The molecule has 8 heteroatoms. The van der Waals surface area contributed by atoms with Gasteiger partial charge in [0.05, 0.1) is 24.0 Å². The van der Waals surface area contributed by atoms with Crippen molar-refractivity contribution in [3.05, 3.63) is 35.6 Å². The second-order valence-electron chi connectivity index (χ2n) is 9.89. The predicted molar refractivity (Wildman–Crippen MR) is 127 cm³/mol. The summed E-state index contributed by atoms with van der Waals surface area (Å²) in [6, 6.07) is 0. The van der Waals surface area contributed by atoms with Crippen molar-refractivity contribution in [2.45, 2.75) is 91.6 Å². The number of ether oxygens (including phenoxy) is 1. The molecule has 0 radical (unpaired) electrons. The van der Waals surface area contributed by atoms with Crippen molar-refractivity contribution in [2.75, 3.05) is 0 Å². The van der Waals surface area contributed by atoms with Crippen molar-refractivity contribution >= 4 is 17.8 Å². The monoisotopic (exact) mass is 477 g/mol. The van der Waals surface area contributed by atoms with E-state index in [4.69, 9.17) is 14.3 Å². The lowest BCUT2D eigenvalue weighted by Crippen LogP contribution is -2.45. The van der Waals surface area contributed by atoms with E-state index < -0.39 is 35.6 Å². The average Bonchev–Trinajstić information content (AvgIpc) is 3.25. The van der Waals surface area contributed by atoms with Crippen LogP contribution in [0.3, 0.4) is 0 Å². The van der Waals surface area contributed by atoms with Crippen LogP contribution in [0.1, 0.15) is 78.3 Å².